The van der Waals surface area contributed by atoms with Crippen LogP contribution in [0.4, 0.5) is 5.82 Å². The maximum Gasteiger partial charge on any atom is 0.129 e. The molecule has 0 saturated carbocycles. The first-order valence-electron chi connectivity index (χ1n) is 4.68. The molecule has 0 fully saturated rings. The largest absolute Gasteiger partial charge is 0.472 e. The molecule has 5 heteroatoms. The Labute approximate surface area is 87.3 Å². The maximum absolute atomic E-state index is 5.39. The highest BCUT2D eigenvalue weighted by atomic mass is 16.3. The third kappa shape index (κ3) is 2.32. The number of rotatable bonds is 4. The van der Waals surface area contributed by atoms with Crippen molar-refractivity contribution < 1.29 is 4.42 Å². The third-order valence-electron chi connectivity index (χ3n) is 1.93. The van der Waals surface area contributed by atoms with Crippen molar-refractivity contribution in [2.24, 2.45) is 5.73 Å². The van der Waals surface area contributed by atoms with E-state index in [0.717, 1.165) is 17.1 Å². The highest BCUT2D eigenvalue weighted by Crippen LogP contribution is 2.18. The molecule has 0 radical (unpaired) electrons. The van der Waals surface area contributed by atoms with Gasteiger partial charge in [-0.25, -0.2) is 9.97 Å². The van der Waals surface area contributed by atoms with Crippen LogP contribution in [-0.2, 0) is 0 Å². The number of nitrogens with zero attached hydrogens (tertiary/aromatic N) is 2. The predicted octanol–water partition coefficient (Wildman–Crippen LogP) is 1.11. The quantitative estimate of drug-likeness (QED) is 0.780. The van der Waals surface area contributed by atoms with Crippen LogP contribution in [0.25, 0.3) is 11.3 Å². The summed E-state index contributed by atoms with van der Waals surface area (Å²) in [4.78, 5) is 8.23. The molecule has 0 amide bonds. The van der Waals surface area contributed by atoms with E-state index in [1.807, 2.05) is 12.1 Å². The Morgan fingerprint density at radius 2 is 2.33 bits per heavy atom. The van der Waals surface area contributed by atoms with Crippen molar-refractivity contribution in [3.63, 3.8) is 0 Å². The highest BCUT2D eigenvalue weighted by molar-refractivity contribution is 5.60. The molecule has 0 atom stereocenters. The molecular formula is C10H12N4O. The van der Waals surface area contributed by atoms with Crippen LogP contribution in [0.2, 0.25) is 0 Å². The minimum Gasteiger partial charge on any atom is -0.472 e. The van der Waals surface area contributed by atoms with Crippen molar-refractivity contribution in [1.82, 2.24) is 9.97 Å². The van der Waals surface area contributed by atoms with Gasteiger partial charge in [-0.1, -0.05) is 0 Å². The minimum atomic E-state index is 0.574. The van der Waals surface area contributed by atoms with Crippen molar-refractivity contribution in [2.75, 3.05) is 18.4 Å². The van der Waals surface area contributed by atoms with Crippen molar-refractivity contribution in [3.05, 3.63) is 31.0 Å². The second-order valence-electron chi connectivity index (χ2n) is 3.02. The summed E-state index contributed by atoms with van der Waals surface area (Å²) in [5.74, 6) is 0.770. The summed E-state index contributed by atoms with van der Waals surface area (Å²) in [6.07, 6.45) is 4.78. The van der Waals surface area contributed by atoms with E-state index in [9.17, 15) is 0 Å². The number of hydrogen-bond acceptors (Lipinski definition) is 5. The molecule has 0 spiro atoms. The molecule has 3 N–H and O–H groups in total. The van der Waals surface area contributed by atoms with Crippen LogP contribution in [-0.4, -0.2) is 23.1 Å². The molecule has 15 heavy (non-hydrogen) atoms. The fourth-order valence-corrected chi connectivity index (χ4v) is 1.22. The van der Waals surface area contributed by atoms with Gasteiger partial charge >= 0.3 is 0 Å². The normalized spacial score (nSPS) is 10.2. The molecule has 0 aromatic carbocycles. The molecule has 2 rings (SSSR count). The molecule has 0 aliphatic heterocycles. The molecule has 2 aromatic rings. The molecule has 2 heterocycles. The predicted molar refractivity (Wildman–Crippen MR) is 57.3 cm³/mol. The van der Waals surface area contributed by atoms with Crippen LogP contribution in [0.15, 0.2) is 35.4 Å². The molecule has 5 nitrogen and oxygen atoms in total. The summed E-state index contributed by atoms with van der Waals surface area (Å²) >= 11 is 0. The Kier molecular flexibility index (Phi) is 2.94. The highest BCUT2D eigenvalue weighted by Gasteiger charge is 2.02. The number of anilines is 1. The van der Waals surface area contributed by atoms with Gasteiger partial charge < -0.3 is 15.5 Å². The molecule has 78 valence electrons. The van der Waals surface area contributed by atoms with E-state index in [1.165, 1.54) is 6.33 Å². The number of hydrogen-bond donors (Lipinski definition) is 2. The summed E-state index contributed by atoms with van der Waals surface area (Å²) < 4.78 is 4.99. The van der Waals surface area contributed by atoms with Crippen molar-refractivity contribution in [2.45, 2.75) is 0 Å². The second kappa shape index (κ2) is 4.56. The van der Waals surface area contributed by atoms with Gasteiger partial charge in [-0.15, -0.1) is 0 Å². The lowest BCUT2D eigenvalue weighted by Gasteiger charge is -2.03. The van der Waals surface area contributed by atoms with Crippen LogP contribution in [0.1, 0.15) is 0 Å². The lowest BCUT2D eigenvalue weighted by Crippen LogP contribution is -2.13. The van der Waals surface area contributed by atoms with Crippen LogP contribution in [0.3, 0.4) is 0 Å². The summed E-state index contributed by atoms with van der Waals surface area (Å²) in [6.45, 7) is 1.27. The van der Waals surface area contributed by atoms with E-state index >= 15 is 0 Å². The van der Waals surface area contributed by atoms with Gasteiger partial charge in [0.1, 0.15) is 12.1 Å². The number of nitrogens with one attached hydrogen (secondary N) is 1. The summed E-state index contributed by atoms with van der Waals surface area (Å²) in [5, 5.41) is 3.09. The van der Waals surface area contributed by atoms with Crippen LogP contribution >= 0.6 is 0 Å². The van der Waals surface area contributed by atoms with E-state index in [2.05, 4.69) is 15.3 Å². The molecule has 2 aromatic heterocycles. The Bertz CT molecular complexity index is 413. The van der Waals surface area contributed by atoms with Gasteiger partial charge in [0.05, 0.1) is 18.2 Å². The Hall–Kier alpha value is -1.88. The summed E-state index contributed by atoms with van der Waals surface area (Å²) in [6, 6.07) is 3.72. The van der Waals surface area contributed by atoms with Crippen molar-refractivity contribution in [3.8, 4) is 11.3 Å². The molecule has 0 unspecified atom stereocenters. The van der Waals surface area contributed by atoms with E-state index in [1.54, 1.807) is 12.5 Å². The Morgan fingerprint density at radius 1 is 1.40 bits per heavy atom. The van der Waals surface area contributed by atoms with Crippen LogP contribution in [0, 0.1) is 0 Å². The SMILES string of the molecule is NCCNc1cc(-c2ccoc2)ncn1. The minimum absolute atomic E-state index is 0.574. The van der Waals surface area contributed by atoms with E-state index in [4.69, 9.17) is 10.2 Å². The maximum atomic E-state index is 5.39. The zero-order valence-corrected chi connectivity index (χ0v) is 8.18. The zero-order chi connectivity index (χ0) is 10.5. The van der Waals surface area contributed by atoms with Gasteiger partial charge in [0.15, 0.2) is 0 Å². The van der Waals surface area contributed by atoms with E-state index in [-0.39, 0.29) is 0 Å². The smallest absolute Gasteiger partial charge is 0.129 e. The second-order valence-corrected chi connectivity index (χ2v) is 3.02. The average molecular weight is 204 g/mol. The molecular weight excluding hydrogens is 192 g/mol. The fourth-order valence-electron chi connectivity index (χ4n) is 1.22. The average Bonchev–Trinajstić information content (AvgIpc) is 2.80. The third-order valence-corrected chi connectivity index (χ3v) is 1.93. The number of furan rings is 1. The number of nitrogens with two attached hydrogens (primary N) is 1. The van der Waals surface area contributed by atoms with E-state index < -0.39 is 0 Å². The summed E-state index contributed by atoms with van der Waals surface area (Å²) in [7, 11) is 0. The zero-order valence-electron chi connectivity index (χ0n) is 8.18. The topological polar surface area (TPSA) is 77.0 Å². The molecule has 0 aliphatic carbocycles. The first-order valence-corrected chi connectivity index (χ1v) is 4.68. The van der Waals surface area contributed by atoms with Gasteiger partial charge in [-0.3, -0.25) is 0 Å². The van der Waals surface area contributed by atoms with Gasteiger partial charge in [-0.05, 0) is 6.07 Å². The Morgan fingerprint density at radius 3 is 3.07 bits per heavy atom. The first kappa shape index (κ1) is 9.67. The van der Waals surface area contributed by atoms with Gasteiger partial charge in [0.25, 0.3) is 0 Å². The molecule has 0 bridgehead atoms. The summed E-state index contributed by atoms with van der Waals surface area (Å²) in [5.41, 5.74) is 7.16. The van der Waals surface area contributed by atoms with Crippen molar-refractivity contribution in [1.29, 1.82) is 0 Å². The van der Waals surface area contributed by atoms with Gasteiger partial charge in [-0.2, -0.15) is 0 Å². The lowest BCUT2D eigenvalue weighted by molar-refractivity contribution is 0.568. The molecule has 0 saturated heterocycles. The number of aromatic nitrogens is 2. The fraction of sp³-hybridized carbons (Fsp3) is 0.200. The van der Waals surface area contributed by atoms with Gasteiger partial charge in [0.2, 0.25) is 0 Å². The standard InChI is InChI=1S/C10H12N4O/c11-2-3-12-10-5-9(13-7-14-10)8-1-4-15-6-8/h1,4-7H,2-3,11H2,(H,12,13,14). The van der Waals surface area contributed by atoms with Crippen molar-refractivity contribution >= 4 is 5.82 Å². The van der Waals surface area contributed by atoms with Crippen LogP contribution < -0.4 is 11.1 Å². The van der Waals surface area contributed by atoms with Gasteiger partial charge in [0, 0.05) is 24.7 Å². The van der Waals surface area contributed by atoms with Crippen LogP contribution in [0.5, 0.6) is 0 Å². The lowest BCUT2D eigenvalue weighted by atomic mass is 10.2. The molecule has 0 aliphatic rings. The first-order chi connectivity index (χ1) is 7.40. The monoisotopic (exact) mass is 204 g/mol. The van der Waals surface area contributed by atoms with E-state index in [0.29, 0.717) is 13.1 Å². The Balaban J connectivity index is 2.19.